The van der Waals surface area contributed by atoms with Crippen LogP contribution in [0.1, 0.15) is 23.7 Å². The molecule has 0 fully saturated rings. The van der Waals surface area contributed by atoms with Gasteiger partial charge in [-0.1, -0.05) is 37.3 Å². The van der Waals surface area contributed by atoms with Crippen molar-refractivity contribution in [2.75, 3.05) is 11.9 Å². The first-order chi connectivity index (χ1) is 9.22. The summed E-state index contributed by atoms with van der Waals surface area (Å²) in [5.74, 6) is -0.902. The van der Waals surface area contributed by atoms with Crippen molar-refractivity contribution < 1.29 is 9.90 Å². The molecule has 0 aliphatic rings. The topological polar surface area (TPSA) is 49.3 Å². The summed E-state index contributed by atoms with van der Waals surface area (Å²) >= 11 is 0. The van der Waals surface area contributed by atoms with Crippen LogP contribution in [0, 0.1) is 0 Å². The van der Waals surface area contributed by atoms with Gasteiger partial charge in [0.2, 0.25) is 0 Å². The van der Waals surface area contributed by atoms with Crippen LogP contribution in [0.5, 0.6) is 0 Å². The highest BCUT2D eigenvalue weighted by Gasteiger charge is 2.12. The number of benzene rings is 2. The highest BCUT2D eigenvalue weighted by molar-refractivity contribution is 5.97. The minimum Gasteiger partial charge on any atom is -0.478 e. The summed E-state index contributed by atoms with van der Waals surface area (Å²) in [4.78, 5) is 11.3. The zero-order chi connectivity index (χ0) is 13.7. The molecule has 2 aromatic rings. The second-order valence-corrected chi connectivity index (χ2v) is 4.36. The molecular weight excluding hydrogens is 238 g/mol. The van der Waals surface area contributed by atoms with Crippen molar-refractivity contribution in [1.29, 1.82) is 0 Å². The first-order valence-electron chi connectivity index (χ1n) is 6.39. The van der Waals surface area contributed by atoms with Crippen molar-refractivity contribution in [3.05, 3.63) is 54.1 Å². The van der Waals surface area contributed by atoms with E-state index in [4.69, 9.17) is 0 Å². The zero-order valence-electron chi connectivity index (χ0n) is 10.9. The van der Waals surface area contributed by atoms with E-state index in [9.17, 15) is 9.90 Å². The van der Waals surface area contributed by atoms with Crippen LogP contribution in [0.2, 0.25) is 0 Å². The normalized spacial score (nSPS) is 10.2. The van der Waals surface area contributed by atoms with Crippen LogP contribution in [0.15, 0.2) is 48.5 Å². The van der Waals surface area contributed by atoms with Gasteiger partial charge in [-0.25, -0.2) is 4.79 Å². The summed E-state index contributed by atoms with van der Waals surface area (Å²) in [7, 11) is 0. The minimum absolute atomic E-state index is 0.327. The van der Waals surface area contributed by atoms with Gasteiger partial charge in [0.25, 0.3) is 0 Å². The Morgan fingerprint density at radius 1 is 1.16 bits per heavy atom. The second kappa shape index (κ2) is 6.05. The van der Waals surface area contributed by atoms with Gasteiger partial charge in [-0.05, 0) is 35.7 Å². The molecule has 2 N–H and O–H groups in total. The number of carboxylic acid groups (broad SMARTS) is 1. The fourth-order valence-electron chi connectivity index (χ4n) is 1.97. The summed E-state index contributed by atoms with van der Waals surface area (Å²) in [5.41, 5.74) is 2.94. The van der Waals surface area contributed by atoms with E-state index in [-0.39, 0.29) is 0 Å². The van der Waals surface area contributed by atoms with E-state index in [1.165, 1.54) is 0 Å². The van der Waals surface area contributed by atoms with Gasteiger partial charge >= 0.3 is 5.97 Å². The number of hydrogen-bond donors (Lipinski definition) is 2. The van der Waals surface area contributed by atoms with Crippen LogP contribution in [0.3, 0.4) is 0 Å². The van der Waals surface area contributed by atoms with E-state index in [0.29, 0.717) is 5.56 Å². The van der Waals surface area contributed by atoms with Gasteiger partial charge in [0.05, 0.1) is 5.56 Å². The molecule has 0 aliphatic heterocycles. The fraction of sp³-hybridized carbons (Fsp3) is 0.188. The molecule has 3 nitrogen and oxygen atoms in total. The van der Waals surface area contributed by atoms with Crippen molar-refractivity contribution >= 4 is 11.7 Å². The number of anilines is 1. The number of carbonyl (C=O) groups is 1. The number of nitrogens with one attached hydrogen (secondary N) is 1. The van der Waals surface area contributed by atoms with Crippen molar-refractivity contribution in [2.24, 2.45) is 0 Å². The van der Waals surface area contributed by atoms with Gasteiger partial charge in [-0.15, -0.1) is 0 Å². The second-order valence-electron chi connectivity index (χ2n) is 4.36. The molecule has 0 aromatic heterocycles. The lowest BCUT2D eigenvalue weighted by atomic mass is 9.99. The molecule has 0 heterocycles. The maximum atomic E-state index is 11.3. The first kappa shape index (κ1) is 13.1. The van der Waals surface area contributed by atoms with E-state index in [1.807, 2.05) is 42.5 Å². The molecule has 0 saturated heterocycles. The molecule has 3 heteroatoms. The highest BCUT2D eigenvalue weighted by atomic mass is 16.4. The Bertz CT molecular complexity index is 564. The van der Waals surface area contributed by atoms with Gasteiger partial charge in [0, 0.05) is 12.2 Å². The van der Waals surface area contributed by atoms with Crippen LogP contribution < -0.4 is 5.32 Å². The molecule has 2 rings (SSSR count). The molecule has 0 amide bonds. The molecule has 0 radical (unpaired) electrons. The largest absolute Gasteiger partial charge is 0.478 e. The van der Waals surface area contributed by atoms with Gasteiger partial charge in [0.15, 0.2) is 0 Å². The van der Waals surface area contributed by atoms with Crippen LogP contribution in [-0.4, -0.2) is 17.6 Å². The predicted molar refractivity (Wildman–Crippen MR) is 77.6 cm³/mol. The molecule has 19 heavy (non-hydrogen) atoms. The van der Waals surface area contributed by atoms with Crippen LogP contribution in [0.25, 0.3) is 11.1 Å². The quantitative estimate of drug-likeness (QED) is 0.852. The van der Waals surface area contributed by atoms with E-state index < -0.39 is 5.97 Å². The van der Waals surface area contributed by atoms with E-state index >= 15 is 0 Å². The summed E-state index contributed by atoms with van der Waals surface area (Å²) in [6.07, 6.45) is 1.03. The van der Waals surface area contributed by atoms with Gasteiger partial charge in [-0.3, -0.25) is 0 Å². The number of aromatic carboxylic acids is 1. The van der Waals surface area contributed by atoms with E-state index in [1.54, 1.807) is 6.07 Å². The summed E-state index contributed by atoms with van der Waals surface area (Å²) in [6, 6.07) is 14.9. The average Bonchev–Trinajstić information content (AvgIpc) is 2.45. The molecule has 0 aliphatic carbocycles. The molecule has 0 spiro atoms. The predicted octanol–water partition coefficient (Wildman–Crippen LogP) is 3.87. The molecule has 0 atom stereocenters. The lowest BCUT2D eigenvalue weighted by molar-refractivity contribution is 0.0698. The minimum atomic E-state index is -0.902. The van der Waals surface area contributed by atoms with Gasteiger partial charge in [-0.2, -0.15) is 0 Å². The van der Waals surface area contributed by atoms with Crippen molar-refractivity contribution in [1.82, 2.24) is 0 Å². The first-order valence-corrected chi connectivity index (χ1v) is 6.39. The standard InChI is InChI=1S/C16H17NO2/c1-2-10-17-13-8-9-14(16(18)19)15(11-13)12-6-4-3-5-7-12/h3-9,11,17H,2,10H2,1H3,(H,18,19). The average molecular weight is 255 g/mol. The van der Waals surface area contributed by atoms with Crippen molar-refractivity contribution in [3.63, 3.8) is 0 Å². The maximum absolute atomic E-state index is 11.3. The summed E-state index contributed by atoms with van der Waals surface area (Å²) in [5, 5.41) is 12.6. The van der Waals surface area contributed by atoms with Crippen molar-refractivity contribution in [2.45, 2.75) is 13.3 Å². The Hall–Kier alpha value is -2.29. The molecule has 0 saturated carbocycles. The van der Waals surface area contributed by atoms with Gasteiger partial charge in [0.1, 0.15) is 0 Å². The monoisotopic (exact) mass is 255 g/mol. The Morgan fingerprint density at radius 2 is 1.89 bits per heavy atom. The Kier molecular flexibility index (Phi) is 4.18. The lowest BCUT2D eigenvalue weighted by Gasteiger charge is -2.10. The van der Waals surface area contributed by atoms with Gasteiger partial charge < -0.3 is 10.4 Å². The maximum Gasteiger partial charge on any atom is 0.336 e. The summed E-state index contributed by atoms with van der Waals surface area (Å²) in [6.45, 7) is 2.97. The number of rotatable bonds is 5. The fourth-order valence-corrected chi connectivity index (χ4v) is 1.97. The third kappa shape index (κ3) is 3.13. The smallest absolute Gasteiger partial charge is 0.336 e. The molecule has 0 unspecified atom stereocenters. The Morgan fingerprint density at radius 3 is 2.53 bits per heavy atom. The Balaban J connectivity index is 2.45. The van der Waals surface area contributed by atoms with E-state index in [0.717, 1.165) is 29.8 Å². The molecule has 98 valence electrons. The molecule has 2 aromatic carbocycles. The molecule has 0 bridgehead atoms. The highest BCUT2D eigenvalue weighted by Crippen LogP contribution is 2.27. The SMILES string of the molecule is CCCNc1ccc(C(=O)O)c(-c2ccccc2)c1. The lowest BCUT2D eigenvalue weighted by Crippen LogP contribution is -2.03. The Labute approximate surface area is 112 Å². The number of hydrogen-bond acceptors (Lipinski definition) is 2. The van der Waals surface area contributed by atoms with Crippen LogP contribution >= 0.6 is 0 Å². The number of carboxylic acids is 1. The van der Waals surface area contributed by atoms with E-state index in [2.05, 4.69) is 12.2 Å². The third-order valence-corrected chi connectivity index (χ3v) is 2.91. The summed E-state index contributed by atoms with van der Waals surface area (Å²) < 4.78 is 0. The zero-order valence-corrected chi connectivity index (χ0v) is 10.9. The molecular formula is C16H17NO2. The van der Waals surface area contributed by atoms with Crippen LogP contribution in [-0.2, 0) is 0 Å². The van der Waals surface area contributed by atoms with Crippen LogP contribution in [0.4, 0.5) is 5.69 Å². The third-order valence-electron chi connectivity index (χ3n) is 2.91. The van der Waals surface area contributed by atoms with Crippen molar-refractivity contribution in [3.8, 4) is 11.1 Å².